The molecule has 2 N–H and O–H groups in total. The highest BCUT2D eigenvalue weighted by atomic mass is 16.5. The van der Waals surface area contributed by atoms with Crippen LogP contribution in [-0.4, -0.2) is 97.2 Å². The Balaban J connectivity index is 1.57. The fourth-order valence-electron chi connectivity index (χ4n) is 4.94. The number of ether oxygens (including phenoxy) is 2. The number of amides is 1. The van der Waals surface area contributed by atoms with Gasteiger partial charge in [-0.1, -0.05) is 23.3 Å². The van der Waals surface area contributed by atoms with Crippen LogP contribution >= 0.6 is 0 Å². The number of nitrogens with one attached hydrogen (secondary N) is 1. The maximum atomic E-state index is 13.0. The van der Waals surface area contributed by atoms with E-state index in [2.05, 4.69) is 25.9 Å². The van der Waals surface area contributed by atoms with Gasteiger partial charge in [0.05, 0.1) is 24.1 Å². The minimum Gasteiger partial charge on any atom is -0.385 e. The van der Waals surface area contributed by atoms with E-state index >= 15 is 0 Å². The van der Waals surface area contributed by atoms with Crippen LogP contribution in [0, 0.1) is 0 Å². The number of aliphatic hydroxyl groups excluding tert-OH is 1. The lowest BCUT2D eigenvalue weighted by atomic mass is 10.1. The molecule has 2 aromatic heterocycles. The third kappa shape index (κ3) is 16.3. The van der Waals surface area contributed by atoms with Crippen molar-refractivity contribution in [2.45, 2.75) is 143 Å². The Hall–Kier alpha value is -2.41. The molecular formula is C31H58N8O4. The number of rotatable bonds is 25. The van der Waals surface area contributed by atoms with E-state index in [0.29, 0.717) is 26.0 Å². The quantitative estimate of drug-likeness (QED) is 0.128. The number of carbonyl (C=O) groups is 1. The Morgan fingerprint density at radius 2 is 1.51 bits per heavy atom. The van der Waals surface area contributed by atoms with Crippen molar-refractivity contribution in [3.8, 4) is 0 Å². The number of hydrogen-bond donors (Lipinski definition) is 2. The van der Waals surface area contributed by atoms with Crippen molar-refractivity contribution >= 4 is 5.91 Å². The molecule has 12 nitrogen and oxygen atoms in total. The number of unbranched alkanes of at least 4 members (excludes halogenated alkanes) is 4. The Kier molecular flexibility index (Phi) is 18.2. The van der Waals surface area contributed by atoms with Crippen LogP contribution in [0.3, 0.4) is 0 Å². The Bertz CT molecular complexity index is 996. The number of aliphatic hydroxyl groups is 1. The molecule has 0 aliphatic rings. The fraction of sp³-hybridized carbons (Fsp3) is 0.839. The number of hydrogen-bond acceptors (Lipinski definition) is 9. The van der Waals surface area contributed by atoms with E-state index in [1.807, 2.05) is 61.3 Å². The van der Waals surface area contributed by atoms with E-state index in [1.54, 1.807) is 7.11 Å². The highest BCUT2D eigenvalue weighted by Gasteiger charge is 2.20. The summed E-state index contributed by atoms with van der Waals surface area (Å²) in [5, 5.41) is 30.6. The van der Waals surface area contributed by atoms with Gasteiger partial charge in [0, 0.05) is 70.7 Å². The first kappa shape index (κ1) is 36.8. The third-order valence-corrected chi connectivity index (χ3v) is 7.30. The van der Waals surface area contributed by atoms with E-state index in [4.69, 9.17) is 9.47 Å². The van der Waals surface area contributed by atoms with Gasteiger partial charge in [-0.15, -0.1) is 10.2 Å². The standard InChI is InChI=1S/C31H58N8O4/c1-25(2)39(31(41)16-10-8-12-19-38-24-29(34-36-38)17-21-43-26(3)4)22-27(5)32-30(40)15-9-7-11-18-37-23-28(33-35-37)14-13-20-42-6/h23-27,30,32,40H,7-22H2,1-6H3. The zero-order valence-electron chi connectivity index (χ0n) is 27.6. The van der Waals surface area contributed by atoms with Crippen LogP contribution in [0.25, 0.3) is 0 Å². The van der Waals surface area contributed by atoms with Crippen LogP contribution in [0.1, 0.15) is 104 Å². The van der Waals surface area contributed by atoms with Crippen molar-refractivity contribution in [1.29, 1.82) is 0 Å². The van der Waals surface area contributed by atoms with Gasteiger partial charge in [-0.05, 0) is 79.6 Å². The molecule has 0 saturated heterocycles. The minimum atomic E-state index is -0.585. The number of methoxy groups -OCH3 is 1. The third-order valence-electron chi connectivity index (χ3n) is 7.30. The van der Waals surface area contributed by atoms with Crippen molar-refractivity contribution in [3.63, 3.8) is 0 Å². The highest BCUT2D eigenvalue weighted by molar-refractivity contribution is 5.76. The number of carbonyl (C=O) groups excluding carboxylic acids is 1. The number of nitrogens with zero attached hydrogens (tertiary/aromatic N) is 7. The van der Waals surface area contributed by atoms with Gasteiger partial charge in [-0.25, -0.2) is 0 Å². The van der Waals surface area contributed by atoms with Gasteiger partial charge in [0.25, 0.3) is 0 Å². The molecule has 2 aromatic rings. The SMILES string of the molecule is COCCCc1cn(CCCCCC(O)NC(C)CN(C(=O)CCCCCn2cc(CCOC(C)C)nn2)C(C)C)nn1. The first-order chi connectivity index (χ1) is 20.7. The van der Waals surface area contributed by atoms with Gasteiger partial charge in [0.2, 0.25) is 5.91 Å². The molecule has 0 radical (unpaired) electrons. The normalized spacial score (nSPS) is 13.2. The zero-order valence-corrected chi connectivity index (χ0v) is 27.6. The Morgan fingerprint density at radius 1 is 0.884 bits per heavy atom. The van der Waals surface area contributed by atoms with E-state index < -0.39 is 6.23 Å². The molecule has 246 valence electrons. The van der Waals surface area contributed by atoms with E-state index in [1.165, 1.54) is 0 Å². The summed E-state index contributed by atoms with van der Waals surface area (Å²) in [6.45, 7) is 13.8. The molecular weight excluding hydrogens is 548 g/mol. The van der Waals surface area contributed by atoms with E-state index in [0.717, 1.165) is 88.9 Å². The summed E-state index contributed by atoms with van der Waals surface area (Å²) in [6.07, 6.45) is 13.1. The Labute approximate surface area is 258 Å². The summed E-state index contributed by atoms with van der Waals surface area (Å²) in [6, 6.07) is 0.111. The number of aryl methyl sites for hydroxylation is 3. The summed E-state index contributed by atoms with van der Waals surface area (Å²) in [5.41, 5.74) is 1.95. The molecule has 2 rings (SSSR count). The van der Waals surface area contributed by atoms with Crippen molar-refractivity contribution in [1.82, 2.24) is 40.2 Å². The molecule has 2 atom stereocenters. The lowest BCUT2D eigenvalue weighted by molar-refractivity contribution is -0.133. The maximum Gasteiger partial charge on any atom is 0.222 e. The molecule has 0 spiro atoms. The predicted octanol–water partition coefficient (Wildman–Crippen LogP) is 3.77. The van der Waals surface area contributed by atoms with Crippen LogP contribution in [0.4, 0.5) is 0 Å². The molecule has 0 bridgehead atoms. The summed E-state index contributed by atoms with van der Waals surface area (Å²) < 4.78 is 14.4. The average Bonchev–Trinajstić information content (AvgIpc) is 3.60. The highest BCUT2D eigenvalue weighted by Crippen LogP contribution is 2.11. The van der Waals surface area contributed by atoms with Crippen molar-refractivity contribution < 1.29 is 19.4 Å². The zero-order chi connectivity index (χ0) is 31.5. The van der Waals surface area contributed by atoms with Gasteiger partial charge in [-0.2, -0.15) is 0 Å². The van der Waals surface area contributed by atoms with Crippen LogP contribution in [0.15, 0.2) is 12.4 Å². The van der Waals surface area contributed by atoms with Crippen LogP contribution in [-0.2, 0) is 40.2 Å². The second-order valence-electron chi connectivity index (χ2n) is 12.1. The molecule has 2 heterocycles. The van der Waals surface area contributed by atoms with E-state index in [-0.39, 0.29) is 24.1 Å². The fourth-order valence-corrected chi connectivity index (χ4v) is 4.94. The predicted molar refractivity (Wildman–Crippen MR) is 167 cm³/mol. The molecule has 43 heavy (non-hydrogen) atoms. The first-order valence-electron chi connectivity index (χ1n) is 16.3. The van der Waals surface area contributed by atoms with Crippen LogP contribution < -0.4 is 5.32 Å². The summed E-state index contributed by atoms with van der Waals surface area (Å²) >= 11 is 0. The van der Waals surface area contributed by atoms with Gasteiger partial charge in [0.15, 0.2) is 0 Å². The topological polar surface area (TPSA) is 132 Å². The van der Waals surface area contributed by atoms with E-state index in [9.17, 15) is 9.90 Å². The minimum absolute atomic E-state index is 0.000442. The monoisotopic (exact) mass is 606 g/mol. The van der Waals surface area contributed by atoms with Gasteiger partial charge >= 0.3 is 0 Å². The lowest BCUT2D eigenvalue weighted by Crippen LogP contribution is -2.48. The van der Waals surface area contributed by atoms with Gasteiger partial charge < -0.3 is 19.5 Å². The lowest BCUT2D eigenvalue weighted by Gasteiger charge is -2.31. The van der Waals surface area contributed by atoms with Gasteiger partial charge in [-0.3, -0.25) is 19.5 Å². The van der Waals surface area contributed by atoms with Crippen molar-refractivity contribution in [2.75, 3.05) is 26.9 Å². The summed E-state index contributed by atoms with van der Waals surface area (Å²) in [7, 11) is 1.71. The molecule has 0 fully saturated rings. The maximum absolute atomic E-state index is 13.0. The largest absolute Gasteiger partial charge is 0.385 e. The molecule has 1 amide bonds. The second-order valence-corrected chi connectivity index (χ2v) is 12.1. The van der Waals surface area contributed by atoms with Crippen LogP contribution in [0.5, 0.6) is 0 Å². The molecule has 0 aliphatic heterocycles. The molecule has 0 saturated carbocycles. The van der Waals surface area contributed by atoms with Gasteiger partial charge in [0.1, 0.15) is 6.23 Å². The molecule has 2 unspecified atom stereocenters. The first-order valence-corrected chi connectivity index (χ1v) is 16.3. The molecule has 0 aromatic carbocycles. The average molecular weight is 607 g/mol. The summed E-state index contributed by atoms with van der Waals surface area (Å²) in [5.74, 6) is 0.168. The summed E-state index contributed by atoms with van der Waals surface area (Å²) in [4.78, 5) is 14.9. The smallest absolute Gasteiger partial charge is 0.222 e. The van der Waals surface area contributed by atoms with Crippen LogP contribution in [0.2, 0.25) is 0 Å². The number of aromatic nitrogens is 6. The van der Waals surface area contributed by atoms with Crippen molar-refractivity contribution in [3.05, 3.63) is 23.8 Å². The molecule has 0 aliphatic carbocycles. The molecule has 12 heteroatoms. The second kappa shape index (κ2) is 21.3. The Morgan fingerprint density at radius 3 is 2.12 bits per heavy atom. The van der Waals surface area contributed by atoms with Crippen molar-refractivity contribution in [2.24, 2.45) is 0 Å².